The molecule has 0 saturated heterocycles. The van der Waals surface area contributed by atoms with Gasteiger partial charge < -0.3 is 0 Å². The summed E-state index contributed by atoms with van der Waals surface area (Å²) in [6.07, 6.45) is 0. The number of carbonyl (C=O) groups excluding carboxylic acids is 1. The number of hydrogen-bond donors (Lipinski definition) is 0. The molecule has 1 aliphatic heterocycles. The molecule has 0 fully saturated rings. The van der Waals surface area contributed by atoms with Crippen molar-refractivity contribution in [2.24, 2.45) is 0 Å². The molecule has 0 bridgehead atoms. The Morgan fingerprint density at radius 2 is 1.02 bits per heavy atom. The maximum atomic E-state index is 12.9. The van der Waals surface area contributed by atoms with Crippen LogP contribution in [0.3, 0.4) is 0 Å². The number of urea groups is 1. The van der Waals surface area contributed by atoms with Gasteiger partial charge in [-0.3, -0.25) is 9.80 Å². The van der Waals surface area contributed by atoms with Crippen LogP contribution in [0, 0.1) is 0 Å². The highest BCUT2D eigenvalue weighted by molar-refractivity contribution is 6.27. The molecule has 7 aromatic rings. The number of hydrogen-bond acceptors (Lipinski definition) is 1. The molecule has 0 N–H and O–H groups in total. The summed E-state index contributed by atoms with van der Waals surface area (Å²) in [5, 5.41) is 9.65. The summed E-state index contributed by atoms with van der Waals surface area (Å²) in [6.45, 7) is 0. The minimum Gasteiger partial charge on any atom is -0.296 e. The molecule has 3 nitrogen and oxygen atoms in total. The summed E-state index contributed by atoms with van der Waals surface area (Å²) in [6, 6.07) is 43.4. The molecule has 0 spiro atoms. The maximum Gasteiger partial charge on any atom is 0.328 e. The molecule has 0 saturated carbocycles. The van der Waals surface area contributed by atoms with Crippen molar-refractivity contribution in [2.75, 3.05) is 23.9 Å². The highest BCUT2D eigenvalue weighted by Crippen LogP contribution is 2.48. The largest absolute Gasteiger partial charge is 0.328 e. The molecule has 8 rings (SSSR count). The Kier molecular flexibility index (Phi) is 4.80. The normalized spacial score (nSPS) is 13.2. The zero-order valence-corrected chi connectivity index (χ0v) is 22.3. The van der Waals surface area contributed by atoms with E-state index >= 15 is 0 Å². The Bertz CT molecular complexity index is 2100. The Morgan fingerprint density at radius 3 is 1.70 bits per heavy atom. The number of carbonyl (C=O) groups is 1. The minimum atomic E-state index is -0.0246. The predicted molar refractivity (Wildman–Crippen MR) is 170 cm³/mol. The van der Waals surface area contributed by atoms with Crippen LogP contribution in [-0.4, -0.2) is 20.1 Å². The molecule has 0 aromatic heterocycles. The van der Waals surface area contributed by atoms with Crippen molar-refractivity contribution in [3.05, 3.63) is 121 Å². The van der Waals surface area contributed by atoms with Crippen molar-refractivity contribution >= 4 is 60.5 Å². The smallest absolute Gasteiger partial charge is 0.296 e. The SMILES string of the molecule is CN1C(=O)N(C)c2ccc(-c3c4ccccc4c(-c4ccc5ccccc5c4)c4ccccc34)c3cccc1c23. The summed E-state index contributed by atoms with van der Waals surface area (Å²) in [5.41, 5.74) is 6.76. The number of fused-ring (bicyclic) bond motifs is 3. The minimum absolute atomic E-state index is 0.0246. The number of anilines is 2. The van der Waals surface area contributed by atoms with E-state index in [0.717, 1.165) is 22.1 Å². The lowest BCUT2D eigenvalue weighted by Crippen LogP contribution is -2.41. The lowest BCUT2D eigenvalue weighted by molar-refractivity contribution is 0.253. The maximum absolute atomic E-state index is 12.9. The van der Waals surface area contributed by atoms with Crippen LogP contribution in [0.1, 0.15) is 0 Å². The van der Waals surface area contributed by atoms with Gasteiger partial charge in [0, 0.05) is 19.5 Å². The summed E-state index contributed by atoms with van der Waals surface area (Å²) in [4.78, 5) is 16.4. The second-order valence-corrected chi connectivity index (χ2v) is 10.6. The first-order chi connectivity index (χ1) is 19.6. The average molecular weight is 515 g/mol. The quantitative estimate of drug-likeness (QED) is 0.211. The molecule has 2 amide bonds. The fourth-order valence-electron chi connectivity index (χ4n) is 6.65. The Balaban J connectivity index is 1.50. The van der Waals surface area contributed by atoms with Crippen LogP contribution < -0.4 is 9.80 Å². The molecule has 0 unspecified atom stereocenters. The van der Waals surface area contributed by atoms with Gasteiger partial charge in [-0.2, -0.15) is 0 Å². The number of benzene rings is 7. The van der Waals surface area contributed by atoms with Crippen molar-refractivity contribution in [3.63, 3.8) is 0 Å². The standard InChI is InChI=1S/C37H26N2O/c1-38-32-17-9-16-30-31(20-21-33(36(30)32)39(2)37(38)40)35-28-14-7-5-12-26(28)34(27-13-6-8-15-29(27)35)25-19-18-23-10-3-4-11-24(23)22-25/h3-22H,1-2H3. The highest BCUT2D eigenvalue weighted by atomic mass is 16.2. The lowest BCUT2D eigenvalue weighted by atomic mass is 9.84. The van der Waals surface area contributed by atoms with Crippen LogP contribution in [-0.2, 0) is 0 Å². The van der Waals surface area contributed by atoms with Crippen LogP contribution in [0.15, 0.2) is 121 Å². The van der Waals surface area contributed by atoms with Gasteiger partial charge in [-0.15, -0.1) is 0 Å². The topological polar surface area (TPSA) is 23.6 Å². The monoisotopic (exact) mass is 514 g/mol. The molecule has 7 aromatic carbocycles. The zero-order chi connectivity index (χ0) is 27.0. The Hall–Kier alpha value is -5.15. The summed E-state index contributed by atoms with van der Waals surface area (Å²) in [5.74, 6) is 0. The van der Waals surface area contributed by atoms with Gasteiger partial charge >= 0.3 is 6.03 Å². The molecule has 0 radical (unpaired) electrons. The fraction of sp³-hybridized carbons (Fsp3) is 0.0541. The molecule has 40 heavy (non-hydrogen) atoms. The first-order valence-corrected chi connectivity index (χ1v) is 13.6. The fourth-order valence-corrected chi connectivity index (χ4v) is 6.65. The Morgan fingerprint density at radius 1 is 0.475 bits per heavy atom. The van der Waals surface area contributed by atoms with Crippen LogP contribution in [0.4, 0.5) is 16.2 Å². The van der Waals surface area contributed by atoms with Gasteiger partial charge in [0.15, 0.2) is 0 Å². The van der Waals surface area contributed by atoms with Crippen LogP contribution >= 0.6 is 0 Å². The van der Waals surface area contributed by atoms with E-state index in [1.165, 1.54) is 54.6 Å². The molecular weight excluding hydrogens is 488 g/mol. The zero-order valence-electron chi connectivity index (χ0n) is 22.3. The van der Waals surface area contributed by atoms with E-state index in [-0.39, 0.29) is 6.03 Å². The Labute approximate surface area is 232 Å². The molecule has 0 aliphatic carbocycles. The van der Waals surface area contributed by atoms with Crippen molar-refractivity contribution < 1.29 is 4.79 Å². The van der Waals surface area contributed by atoms with E-state index in [0.29, 0.717) is 0 Å². The first kappa shape index (κ1) is 22.8. The highest BCUT2D eigenvalue weighted by Gasteiger charge is 2.29. The van der Waals surface area contributed by atoms with Gasteiger partial charge in [-0.05, 0) is 78.2 Å². The number of amides is 2. The van der Waals surface area contributed by atoms with Gasteiger partial charge in [0.2, 0.25) is 0 Å². The second-order valence-electron chi connectivity index (χ2n) is 10.6. The van der Waals surface area contributed by atoms with E-state index in [1.807, 2.05) is 20.2 Å². The molecule has 1 heterocycles. The predicted octanol–water partition coefficient (Wildman–Crippen LogP) is 9.64. The van der Waals surface area contributed by atoms with Crippen molar-refractivity contribution in [2.45, 2.75) is 0 Å². The summed E-state index contributed by atoms with van der Waals surface area (Å²) in [7, 11) is 3.71. The number of nitrogens with zero attached hydrogens (tertiary/aromatic N) is 2. The average Bonchev–Trinajstić information content (AvgIpc) is 3.01. The van der Waals surface area contributed by atoms with E-state index < -0.39 is 0 Å². The summed E-state index contributed by atoms with van der Waals surface area (Å²) >= 11 is 0. The van der Waals surface area contributed by atoms with Crippen LogP contribution in [0.2, 0.25) is 0 Å². The number of rotatable bonds is 2. The van der Waals surface area contributed by atoms with Gasteiger partial charge in [0.05, 0.1) is 11.4 Å². The molecule has 3 heteroatoms. The third-order valence-electron chi connectivity index (χ3n) is 8.53. The van der Waals surface area contributed by atoms with Crippen molar-refractivity contribution in [3.8, 4) is 22.3 Å². The van der Waals surface area contributed by atoms with E-state index in [4.69, 9.17) is 0 Å². The second kappa shape index (κ2) is 8.42. The van der Waals surface area contributed by atoms with Crippen LogP contribution in [0.5, 0.6) is 0 Å². The molecule has 0 atom stereocenters. The molecular formula is C37H26N2O. The third kappa shape index (κ3) is 3.09. The molecule has 1 aliphatic rings. The van der Waals surface area contributed by atoms with Gasteiger partial charge in [0.25, 0.3) is 0 Å². The van der Waals surface area contributed by atoms with Gasteiger partial charge in [-0.25, -0.2) is 4.79 Å². The van der Waals surface area contributed by atoms with E-state index in [9.17, 15) is 4.79 Å². The van der Waals surface area contributed by atoms with Gasteiger partial charge in [-0.1, -0.05) is 103 Å². The van der Waals surface area contributed by atoms with Crippen molar-refractivity contribution in [1.82, 2.24) is 0 Å². The van der Waals surface area contributed by atoms with E-state index in [1.54, 1.807) is 9.80 Å². The lowest BCUT2D eigenvalue weighted by Gasteiger charge is -2.33. The van der Waals surface area contributed by atoms with Gasteiger partial charge in [0.1, 0.15) is 0 Å². The molecule has 190 valence electrons. The van der Waals surface area contributed by atoms with E-state index in [2.05, 4.69) is 115 Å². The van der Waals surface area contributed by atoms with Crippen molar-refractivity contribution in [1.29, 1.82) is 0 Å². The van der Waals surface area contributed by atoms with Crippen LogP contribution in [0.25, 0.3) is 65.3 Å². The first-order valence-electron chi connectivity index (χ1n) is 13.6. The summed E-state index contributed by atoms with van der Waals surface area (Å²) < 4.78 is 0. The third-order valence-corrected chi connectivity index (χ3v) is 8.53.